The summed E-state index contributed by atoms with van der Waals surface area (Å²) in [4.78, 5) is 12.5. The largest absolute Gasteiger partial charge is 0.345 e. The Balaban J connectivity index is 1.99. The van der Waals surface area contributed by atoms with E-state index in [1.54, 1.807) is 11.3 Å². The summed E-state index contributed by atoms with van der Waals surface area (Å²) < 4.78 is 0. The van der Waals surface area contributed by atoms with Gasteiger partial charge in [-0.2, -0.15) is 0 Å². The van der Waals surface area contributed by atoms with E-state index >= 15 is 0 Å². The first kappa shape index (κ1) is 14.9. The van der Waals surface area contributed by atoms with Crippen LogP contribution in [-0.4, -0.2) is 23.6 Å². The highest BCUT2D eigenvalue weighted by Crippen LogP contribution is 2.26. The number of nitrogens with one attached hydrogen (secondary N) is 1. The lowest BCUT2D eigenvalue weighted by Gasteiger charge is -2.14. The zero-order chi connectivity index (χ0) is 14.4. The molecule has 1 N–H and O–H groups in total. The van der Waals surface area contributed by atoms with Gasteiger partial charge in [-0.05, 0) is 32.0 Å². The van der Waals surface area contributed by atoms with Crippen molar-refractivity contribution in [2.45, 2.75) is 33.4 Å². The second-order valence-corrected chi connectivity index (χ2v) is 5.92. The van der Waals surface area contributed by atoms with Crippen LogP contribution in [0, 0.1) is 6.92 Å². The van der Waals surface area contributed by atoms with Crippen LogP contribution >= 0.6 is 11.3 Å². The second-order valence-electron chi connectivity index (χ2n) is 4.86. The van der Waals surface area contributed by atoms with E-state index in [9.17, 15) is 0 Å². The van der Waals surface area contributed by atoms with Crippen molar-refractivity contribution in [2.24, 2.45) is 0 Å². The number of hydrogen-bond acceptors (Lipinski definition) is 5. The smallest absolute Gasteiger partial charge is 0.185 e. The monoisotopic (exact) mass is 290 g/mol. The van der Waals surface area contributed by atoms with E-state index in [-0.39, 0.29) is 0 Å². The Morgan fingerprint density at radius 1 is 1.35 bits per heavy atom. The van der Waals surface area contributed by atoms with E-state index in [0.717, 1.165) is 42.6 Å². The molecule has 0 radical (unpaired) electrons. The lowest BCUT2D eigenvalue weighted by atomic mass is 10.3. The summed E-state index contributed by atoms with van der Waals surface area (Å²) in [6.07, 6.45) is 2.99. The summed E-state index contributed by atoms with van der Waals surface area (Å²) >= 11 is 1.76. The lowest BCUT2D eigenvalue weighted by molar-refractivity contribution is 0.678. The maximum absolute atomic E-state index is 4.66. The number of aryl methyl sites for hydroxylation is 1. The van der Waals surface area contributed by atoms with Gasteiger partial charge in [0.2, 0.25) is 0 Å². The highest BCUT2D eigenvalue weighted by Gasteiger charge is 2.11. The molecule has 2 rings (SSSR count). The van der Waals surface area contributed by atoms with Crippen LogP contribution in [0.25, 0.3) is 0 Å². The molecule has 2 aromatic rings. The number of nitrogens with zero attached hydrogens (tertiary/aromatic N) is 3. The molecule has 0 amide bonds. The molecule has 0 unspecified atom stereocenters. The average Bonchev–Trinajstić information content (AvgIpc) is 2.82. The van der Waals surface area contributed by atoms with Crippen molar-refractivity contribution in [3.05, 3.63) is 40.7 Å². The Kier molecular flexibility index (Phi) is 5.49. The number of aromatic nitrogens is 2. The molecule has 20 heavy (non-hydrogen) atoms. The zero-order valence-electron chi connectivity index (χ0n) is 12.4. The Morgan fingerprint density at radius 3 is 2.90 bits per heavy atom. The minimum atomic E-state index is 0.787. The van der Waals surface area contributed by atoms with Crippen molar-refractivity contribution in [1.29, 1.82) is 0 Å². The molecule has 0 saturated carbocycles. The standard InChI is InChI=1S/C15H22N4S/c1-4-8-16-10-14-12(2)18-15(20-14)19(3)11-13-7-5-6-9-17-13/h5-7,9,16H,4,8,10-11H2,1-3H3. The quantitative estimate of drug-likeness (QED) is 0.796. The predicted octanol–water partition coefficient (Wildman–Crippen LogP) is 2.98. The Bertz CT molecular complexity index is 524. The molecule has 0 saturated heterocycles. The summed E-state index contributed by atoms with van der Waals surface area (Å²) in [5.74, 6) is 0. The van der Waals surface area contributed by atoms with Gasteiger partial charge in [0.1, 0.15) is 0 Å². The van der Waals surface area contributed by atoms with Gasteiger partial charge in [-0.25, -0.2) is 4.98 Å². The molecule has 2 aromatic heterocycles. The van der Waals surface area contributed by atoms with Crippen LogP contribution in [0.15, 0.2) is 24.4 Å². The fourth-order valence-corrected chi connectivity index (χ4v) is 2.91. The second kappa shape index (κ2) is 7.36. The molecule has 0 aliphatic carbocycles. The van der Waals surface area contributed by atoms with Gasteiger partial charge in [-0.3, -0.25) is 4.98 Å². The molecule has 0 spiro atoms. The fraction of sp³-hybridized carbons (Fsp3) is 0.467. The minimum Gasteiger partial charge on any atom is -0.345 e. The number of thiazole rings is 1. The van der Waals surface area contributed by atoms with E-state index < -0.39 is 0 Å². The normalized spacial score (nSPS) is 10.8. The Hall–Kier alpha value is -1.46. The number of hydrogen-bond donors (Lipinski definition) is 1. The molecule has 5 heteroatoms. The lowest BCUT2D eigenvalue weighted by Crippen LogP contribution is -2.16. The molecular weight excluding hydrogens is 268 g/mol. The van der Waals surface area contributed by atoms with Gasteiger partial charge in [-0.15, -0.1) is 11.3 Å². The fourth-order valence-electron chi connectivity index (χ4n) is 1.92. The van der Waals surface area contributed by atoms with Crippen molar-refractivity contribution < 1.29 is 0 Å². The molecule has 2 heterocycles. The van der Waals surface area contributed by atoms with Crippen LogP contribution in [0.4, 0.5) is 5.13 Å². The summed E-state index contributed by atoms with van der Waals surface area (Å²) in [5.41, 5.74) is 2.19. The molecule has 0 fully saturated rings. The molecule has 108 valence electrons. The molecule has 0 atom stereocenters. The van der Waals surface area contributed by atoms with Crippen LogP contribution < -0.4 is 10.2 Å². The number of rotatable bonds is 7. The number of anilines is 1. The van der Waals surface area contributed by atoms with Crippen molar-refractivity contribution in [1.82, 2.24) is 15.3 Å². The van der Waals surface area contributed by atoms with E-state index in [1.165, 1.54) is 4.88 Å². The molecule has 0 aliphatic heterocycles. The topological polar surface area (TPSA) is 41.0 Å². The average molecular weight is 290 g/mol. The highest BCUT2D eigenvalue weighted by molar-refractivity contribution is 7.15. The third kappa shape index (κ3) is 4.02. The van der Waals surface area contributed by atoms with Gasteiger partial charge in [0, 0.05) is 24.7 Å². The predicted molar refractivity (Wildman–Crippen MR) is 85.2 cm³/mol. The van der Waals surface area contributed by atoms with Crippen LogP contribution in [0.3, 0.4) is 0 Å². The Labute approximate surface area is 124 Å². The van der Waals surface area contributed by atoms with Crippen LogP contribution in [0.2, 0.25) is 0 Å². The zero-order valence-corrected chi connectivity index (χ0v) is 13.2. The third-order valence-corrected chi connectivity index (χ3v) is 4.32. The van der Waals surface area contributed by atoms with Gasteiger partial charge in [0.05, 0.1) is 17.9 Å². The minimum absolute atomic E-state index is 0.787. The van der Waals surface area contributed by atoms with Gasteiger partial charge < -0.3 is 10.2 Å². The van der Waals surface area contributed by atoms with Crippen LogP contribution in [0.1, 0.15) is 29.6 Å². The van der Waals surface area contributed by atoms with Crippen LogP contribution in [-0.2, 0) is 13.1 Å². The van der Waals surface area contributed by atoms with Crippen molar-refractivity contribution in [2.75, 3.05) is 18.5 Å². The van der Waals surface area contributed by atoms with E-state index in [4.69, 9.17) is 0 Å². The molecule has 0 bridgehead atoms. The van der Waals surface area contributed by atoms with Crippen molar-refractivity contribution >= 4 is 16.5 Å². The molecular formula is C15H22N4S. The summed E-state index contributed by atoms with van der Waals surface area (Å²) in [6.45, 7) is 7.01. The van der Waals surface area contributed by atoms with Crippen molar-refractivity contribution in [3.63, 3.8) is 0 Å². The summed E-state index contributed by atoms with van der Waals surface area (Å²) in [7, 11) is 2.07. The summed E-state index contributed by atoms with van der Waals surface area (Å²) in [5, 5.41) is 4.49. The maximum atomic E-state index is 4.66. The first-order valence-corrected chi connectivity index (χ1v) is 7.80. The Morgan fingerprint density at radius 2 is 2.20 bits per heavy atom. The SMILES string of the molecule is CCCNCc1sc(N(C)Cc2ccccn2)nc1C. The van der Waals surface area contributed by atoms with Gasteiger partial charge in [0.15, 0.2) is 5.13 Å². The number of pyridine rings is 1. The van der Waals surface area contributed by atoms with Gasteiger partial charge >= 0.3 is 0 Å². The van der Waals surface area contributed by atoms with Crippen molar-refractivity contribution in [3.8, 4) is 0 Å². The van der Waals surface area contributed by atoms with E-state index in [0.29, 0.717) is 0 Å². The van der Waals surface area contributed by atoms with E-state index in [2.05, 4.69) is 41.1 Å². The van der Waals surface area contributed by atoms with E-state index in [1.807, 2.05) is 24.4 Å². The molecule has 0 aromatic carbocycles. The van der Waals surface area contributed by atoms with Crippen LogP contribution in [0.5, 0.6) is 0 Å². The molecule has 4 nitrogen and oxygen atoms in total. The third-order valence-electron chi connectivity index (χ3n) is 3.05. The maximum Gasteiger partial charge on any atom is 0.185 e. The van der Waals surface area contributed by atoms with Gasteiger partial charge in [-0.1, -0.05) is 13.0 Å². The summed E-state index contributed by atoms with van der Waals surface area (Å²) in [6, 6.07) is 6.00. The first-order valence-electron chi connectivity index (χ1n) is 6.98. The van der Waals surface area contributed by atoms with Gasteiger partial charge in [0.25, 0.3) is 0 Å². The first-order chi connectivity index (χ1) is 9.70. The highest BCUT2D eigenvalue weighted by atomic mass is 32.1. The molecule has 0 aliphatic rings.